The number of sulfonamides is 2. The lowest BCUT2D eigenvalue weighted by molar-refractivity contribution is 0.0949. The fraction of sp³-hybridized carbons (Fsp3) is 0.312. The zero-order valence-corrected chi connectivity index (χ0v) is 16.7. The maximum absolute atomic E-state index is 12.3. The SMILES string of the molecule is NS(=O)(=O)c1cccc(S(=O)(=O)NNC(=O)c2cc3c(s2)CCCCC3)c1. The second-order valence-electron chi connectivity index (χ2n) is 6.20. The smallest absolute Gasteiger partial charge is 0.273 e. The third-order valence-corrected chi connectivity index (χ3v) is 7.61. The zero-order valence-electron chi connectivity index (χ0n) is 14.3. The van der Waals surface area contributed by atoms with E-state index < -0.39 is 26.0 Å². The Morgan fingerprint density at radius 2 is 1.70 bits per heavy atom. The van der Waals surface area contributed by atoms with Gasteiger partial charge in [0.05, 0.1) is 14.7 Å². The van der Waals surface area contributed by atoms with E-state index in [2.05, 4.69) is 5.43 Å². The molecule has 1 aromatic carbocycles. The molecule has 1 heterocycles. The number of hydrogen-bond donors (Lipinski definition) is 3. The Morgan fingerprint density at radius 3 is 2.44 bits per heavy atom. The van der Waals surface area contributed by atoms with E-state index in [0.717, 1.165) is 37.3 Å². The van der Waals surface area contributed by atoms with Crippen LogP contribution in [0.3, 0.4) is 0 Å². The van der Waals surface area contributed by atoms with Crippen LogP contribution in [0.5, 0.6) is 0 Å². The van der Waals surface area contributed by atoms with Gasteiger partial charge in [0, 0.05) is 4.88 Å². The van der Waals surface area contributed by atoms with Crippen LogP contribution in [0.2, 0.25) is 0 Å². The number of hydrazine groups is 1. The van der Waals surface area contributed by atoms with Crippen LogP contribution in [0.15, 0.2) is 40.1 Å². The molecule has 1 aromatic heterocycles. The summed E-state index contributed by atoms with van der Waals surface area (Å²) >= 11 is 1.37. The molecule has 1 amide bonds. The van der Waals surface area contributed by atoms with Crippen molar-refractivity contribution >= 4 is 37.3 Å². The molecule has 1 aliphatic rings. The Kier molecular flexibility index (Phi) is 5.68. The molecule has 0 aliphatic heterocycles. The molecule has 0 spiro atoms. The molecule has 2 aromatic rings. The molecule has 8 nitrogen and oxygen atoms in total. The number of thiophene rings is 1. The van der Waals surface area contributed by atoms with Crippen molar-refractivity contribution < 1.29 is 21.6 Å². The van der Waals surface area contributed by atoms with Gasteiger partial charge in [-0.1, -0.05) is 12.5 Å². The summed E-state index contributed by atoms with van der Waals surface area (Å²) in [6.07, 6.45) is 5.18. The van der Waals surface area contributed by atoms with Crippen molar-refractivity contribution in [3.63, 3.8) is 0 Å². The molecule has 0 atom stereocenters. The van der Waals surface area contributed by atoms with Crippen molar-refractivity contribution in [3.05, 3.63) is 45.6 Å². The van der Waals surface area contributed by atoms with Crippen molar-refractivity contribution in [3.8, 4) is 0 Å². The van der Waals surface area contributed by atoms with E-state index in [-0.39, 0.29) is 9.79 Å². The molecule has 146 valence electrons. The molecule has 0 bridgehead atoms. The van der Waals surface area contributed by atoms with E-state index in [1.807, 2.05) is 4.83 Å². The molecule has 1 aliphatic carbocycles. The topological polar surface area (TPSA) is 135 Å². The van der Waals surface area contributed by atoms with Crippen LogP contribution < -0.4 is 15.4 Å². The van der Waals surface area contributed by atoms with Gasteiger partial charge in [-0.05, 0) is 55.5 Å². The number of rotatable bonds is 5. The standard InChI is InChI=1S/C16H19N3O5S3/c17-26(21,22)12-6-4-7-13(10-12)27(23,24)19-18-16(20)15-9-11-5-2-1-3-8-14(11)25-15/h4,6-7,9-10,19H,1-3,5,8H2,(H,18,20)(H2,17,21,22). The normalized spacial score (nSPS) is 15.0. The van der Waals surface area contributed by atoms with Gasteiger partial charge in [-0.3, -0.25) is 10.2 Å². The van der Waals surface area contributed by atoms with Crippen molar-refractivity contribution in [1.82, 2.24) is 10.3 Å². The highest BCUT2D eigenvalue weighted by molar-refractivity contribution is 7.90. The number of aryl methyl sites for hydroxylation is 2. The molecule has 11 heteroatoms. The summed E-state index contributed by atoms with van der Waals surface area (Å²) in [4.78, 5) is 15.2. The van der Waals surface area contributed by atoms with Gasteiger partial charge in [0.15, 0.2) is 0 Å². The summed E-state index contributed by atoms with van der Waals surface area (Å²) in [5, 5.41) is 5.01. The van der Waals surface area contributed by atoms with Gasteiger partial charge in [-0.2, -0.15) is 0 Å². The van der Waals surface area contributed by atoms with E-state index in [9.17, 15) is 21.6 Å². The fourth-order valence-electron chi connectivity index (χ4n) is 2.83. The molecular formula is C16H19N3O5S3. The van der Waals surface area contributed by atoms with Crippen molar-refractivity contribution in [2.24, 2.45) is 5.14 Å². The summed E-state index contributed by atoms with van der Waals surface area (Å²) in [6, 6.07) is 6.38. The van der Waals surface area contributed by atoms with E-state index in [1.54, 1.807) is 6.07 Å². The van der Waals surface area contributed by atoms with E-state index >= 15 is 0 Å². The second-order valence-corrected chi connectivity index (χ2v) is 10.6. The number of amides is 1. The van der Waals surface area contributed by atoms with Crippen LogP contribution in [-0.4, -0.2) is 22.7 Å². The van der Waals surface area contributed by atoms with Crippen LogP contribution in [0, 0.1) is 0 Å². The number of fused-ring (bicyclic) bond motifs is 1. The summed E-state index contributed by atoms with van der Waals surface area (Å²) < 4.78 is 47.4. The number of carbonyl (C=O) groups is 1. The lowest BCUT2D eigenvalue weighted by atomic mass is 10.1. The van der Waals surface area contributed by atoms with Crippen LogP contribution in [0.25, 0.3) is 0 Å². The van der Waals surface area contributed by atoms with Gasteiger partial charge in [0.1, 0.15) is 0 Å². The summed E-state index contributed by atoms with van der Waals surface area (Å²) in [7, 11) is -8.19. The molecular weight excluding hydrogens is 410 g/mol. The lowest BCUT2D eigenvalue weighted by Crippen LogP contribution is -2.41. The molecule has 0 saturated carbocycles. The highest BCUT2D eigenvalue weighted by Crippen LogP contribution is 2.28. The number of nitrogens with two attached hydrogens (primary N) is 1. The quantitative estimate of drug-likeness (QED) is 0.486. The number of carbonyl (C=O) groups excluding carboxylic acids is 1. The summed E-state index contributed by atoms with van der Waals surface area (Å²) in [5.41, 5.74) is 3.32. The molecule has 0 radical (unpaired) electrons. The number of hydrogen-bond acceptors (Lipinski definition) is 6. The lowest BCUT2D eigenvalue weighted by Gasteiger charge is -2.08. The largest absolute Gasteiger partial charge is 0.276 e. The number of benzene rings is 1. The third-order valence-electron chi connectivity index (χ3n) is 4.21. The molecule has 0 unspecified atom stereocenters. The van der Waals surface area contributed by atoms with E-state index in [0.29, 0.717) is 4.88 Å². The van der Waals surface area contributed by atoms with Gasteiger partial charge in [0.2, 0.25) is 10.0 Å². The summed E-state index contributed by atoms with van der Waals surface area (Å²) in [6.45, 7) is 0. The molecule has 27 heavy (non-hydrogen) atoms. The Morgan fingerprint density at radius 1 is 1.00 bits per heavy atom. The van der Waals surface area contributed by atoms with E-state index in [4.69, 9.17) is 5.14 Å². The number of primary sulfonamides is 1. The highest BCUT2D eigenvalue weighted by Gasteiger charge is 2.20. The first-order valence-electron chi connectivity index (χ1n) is 8.23. The fourth-order valence-corrected chi connectivity index (χ4v) is 5.50. The first-order valence-corrected chi connectivity index (χ1v) is 12.1. The number of nitrogens with one attached hydrogen (secondary N) is 2. The van der Waals surface area contributed by atoms with Crippen LogP contribution in [0.4, 0.5) is 0 Å². The molecule has 3 rings (SSSR count). The van der Waals surface area contributed by atoms with E-state index in [1.165, 1.54) is 40.8 Å². The van der Waals surface area contributed by atoms with Crippen LogP contribution in [-0.2, 0) is 32.9 Å². The summed E-state index contributed by atoms with van der Waals surface area (Å²) in [5.74, 6) is -0.556. The minimum Gasteiger partial charge on any atom is -0.273 e. The zero-order chi connectivity index (χ0) is 19.7. The average molecular weight is 430 g/mol. The van der Waals surface area contributed by atoms with Crippen molar-refractivity contribution in [1.29, 1.82) is 0 Å². The average Bonchev–Trinajstić information content (AvgIpc) is 2.90. The minimum absolute atomic E-state index is 0.323. The Hall–Kier alpha value is -1.79. The van der Waals surface area contributed by atoms with Gasteiger partial charge in [-0.15, -0.1) is 16.2 Å². The maximum atomic E-state index is 12.3. The first-order chi connectivity index (χ1) is 12.7. The predicted molar refractivity (Wildman–Crippen MR) is 101 cm³/mol. The molecule has 0 saturated heterocycles. The van der Waals surface area contributed by atoms with Gasteiger partial charge in [0.25, 0.3) is 15.9 Å². The Bertz CT molecular complexity index is 1050. The van der Waals surface area contributed by atoms with Crippen molar-refractivity contribution in [2.45, 2.75) is 41.9 Å². The van der Waals surface area contributed by atoms with Crippen LogP contribution >= 0.6 is 11.3 Å². The molecule has 0 fully saturated rings. The predicted octanol–water partition coefficient (Wildman–Crippen LogP) is 1.29. The van der Waals surface area contributed by atoms with Crippen LogP contribution in [0.1, 0.15) is 39.4 Å². The first kappa shape index (κ1) is 20.0. The molecule has 4 N–H and O–H groups in total. The Balaban J connectivity index is 1.73. The highest BCUT2D eigenvalue weighted by atomic mass is 32.2. The third kappa shape index (κ3) is 4.74. The van der Waals surface area contributed by atoms with Crippen molar-refractivity contribution in [2.75, 3.05) is 0 Å². The second kappa shape index (κ2) is 7.68. The van der Waals surface area contributed by atoms with Gasteiger partial charge in [-0.25, -0.2) is 22.0 Å². The van der Waals surface area contributed by atoms with Gasteiger partial charge >= 0.3 is 0 Å². The minimum atomic E-state index is -4.15. The Labute approximate surface area is 161 Å². The maximum Gasteiger partial charge on any atom is 0.276 e. The van der Waals surface area contributed by atoms with Gasteiger partial charge < -0.3 is 0 Å². The monoisotopic (exact) mass is 429 g/mol.